The van der Waals surface area contributed by atoms with E-state index in [-0.39, 0.29) is 24.1 Å². The fourth-order valence-corrected chi connectivity index (χ4v) is 9.60. The van der Waals surface area contributed by atoms with Gasteiger partial charge in [0.15, 0.2) is 0 Å². The Morgan fingerprint density at radius 3 is 1.24 bits per heavy atom. The van der Waals surface area contributed by atoms with Gasteiger partial charge in [0.2, 0.25) is 0 Å². The zero-order valence-electron chi connectivity index (χ0n) is 34.1. The Morgan fingerprint density at radius 2 is 0.880 bits per heavy atom. The zero-order chi connectivity index (χ0) is 35.7. The average molecular weight is 701 g/mol. The van der Waals surface area contributed by atoms with E-state index < -0.39 is 0 Å². The highest BCUT2D eigenvalue weighted by atomic mass is 16.5. The van der Waals surface area contributed by atoms with E-state index in [9.17, 15) is 9.90 Å². The number of ether oxygens (including phenoxy) is 1. The maximum Gasteiger partial charge on any atom is 0.306 e. The number of rotatable bonds is 35. The molecule has 0 aromatic carbocycles. The fourth-order valence-electron chi connectivity index (χ4n) is 9.60. The summed E-state index contributed by atoms with van der Waals surface area (Å²) in [6, 6.07) is 0. The standard InChI is InChI=1S/C47H88O3/c1-4-6-8-10-16-22-28-41-36-43(41)30-24-18-12-14-20-26-32-45(50-47(49)38-40-34-35-46(48)39(40)3)33-27-21-15-13-19-25-31-44-37-42(44)29-23-17-11-9-7-5-2/h39-46,48H,4-38H2,1-3H3. The molecular weight excluding hydrogens is 613 g/mol. The quantitative estimate of drug-likeness (QED) is 0.0529. The summed E-state index contributed by atoms with van der Waals surface area (Å²) in [7, 11) is 0. The van der Waals surface area contributed by atoms with Crippen molar-refractivity contribution in [2.75, 3.05) is 0 Å². The Kier molecular flexibility index (Phi) is 24.5. The average Bonchev–Trinajstić information content (AvgIpc) is 4.02. The molecular formula is C47H88O3. The van der Waals surface area contributed by atoms with Crippen LogP contribution in [0.4, 0.5) is 0 Å². The largest absolute Gasteiger partial charge is 0.462 e. The van der Waals surface area contributed by atoms with Gasteiger partial charge in [0.1, 0.15) is 6.10 Å². The van der Waals surface area contributed by atoms with Crippen LogP contribution in [-0.4, -0.2) is 23.3 Å². The van der Waals surface area contributed by atoms with Gasteiger partial charge >= 0.3 is 5.97 Å². The molecule has 7 atom stereocenters. The van der Waals surface area contributed by atoms with Crippen molar-refractivity contribution in [3.05, 3.63) is 0 Å². The summed E-state index contributed by atoms with van der Waals surface area (Å²) in [6.45, 7) is 6.71. The molecule has 0 aromatic heterocycles. The van der Waals surface area contributed by atoms with Gasteiger partial charge < -0.3 is 9.84 Å². The predicted octanol–water partition coefficient (Wildman–Crippen LogP) is 14.7. The number of hydrogen-bond donors (Lipinski definition) is 1. The minimum atomic E-state index is -0.241. The summed E-state index contributed by atoms with van der Waals surface area (Å²) in [5.74, 6) is 4.77. The van der Waals surface area contributed by atoms with E-state index in [0.29, 0.717) is 12.3 Å². The van der Waals surface area contributed by atoms with Crippen LogP contribution in [0.5, 0.6) is 0 Å². The fraction of sp³-hybridized carbons (Fsp3) is 0.979. The maximum absolute atomic E-state index is 13.0. The Labute approximate surface area is 313 Å². The number of hydrogen-bond acceptors (Lipinski definition) is 3. The van der Waals surface area contributed by atoms with E-state index in [1.54, 1.807) is 0 Å². The Morgan fingerprint density at radius 1 is 0.520 bits per heavy atom. The van der Waals surface area contributed by atoms with E-state index in [1.165, 1.54) is 193 Å². The van der Waals surface area contributed by atoms with E-state index in [1.807, 2.05) is 0 Å². The summed E-state index contributed by atoms with van der Waals surface area (Å²) >= 11 is 0. The van der Waals surface area contributed by atoms with Crippen LogP contribution in [0.2, 0.25) is 0 Å². The van der Waals surface area contributed by atoms with Crippen LogP contribution in [0.25, 0.3) is 0 Å². The van der Waals surface area contributed by atoms with Gasteiger partial charge in [0, 0.05) is 6.42 Å². The first-order chi connectivity index (χ1) is 24.5. The van der Waals surface area contributed by atoms with Crippen molar-refractivity contribution in [3.8, 4) is 0 Å². The van der Waals surface area contributed by atoms with Gasteiger partial charge in [-0.05, 0) is 86.9 Å². The molecule has 0 aliphatic heterocycles. The monoisotopic (exact) mass is 701 g/mol. The van der Waals surface area contributed by atoms with E-state index in [2.05, 4.69) is 20.8 Å². The van der Waals surface area contributed by atoms with Crippen molar-refractivity contribution in [2.45, 2.75) is 258 Å². The third-order valence-corrected chi connectivity index (χ3v) is 13.6. The molecule has 0 heterocycles. The van der Waals surface area contributed by atoms with Crippen LogP contribution < -0.4 is 0 Å². The first-order valence-electron chi connectivity index (χ1n) is 23.4. The molecule has 3 heteroatoms. The number of aliphatic hydroxyl groups excluding tert-OH is 1. The molecule has 3 fully saturated rings. The number of unbranched alkanes of at least 4 members (excludes halogenated alkanes) is 20. The predicted molar refractivity (Wildman–Crippen MR) is 215 cm³/mol. The van der Waals surface area contributed by atoms with E-state index in [0.717, 1.165) is 49.4 Å². The number of carbonyl (C=O) groups excluding carboxylic acids is 1. The van der Waals surface area contributed by atoms with Crippen LogP contribution in [0.3, 0.4) is 0 Å². The van der Waals surface area contributed by atoms with Gasteiger partial charge in [-0.1, -0.05) is 188 Å². The summed E-state index contributed by atoms with van der Waals surface area (Å²) < 4.78 is 6.16. The Balaban J connectivity index is 1.18. The SMILES string of the molecule is CCCCCCCCC1CC1CCCCCCCCC(CCCCCCCCC1CC1CCCCCCCC)OC(=O)CC1CCC(O)C1C. The highest BCUT2D eigenvalue weighted by molar-refractivity contribution is 5.70. The lowest BCUT2D eigenvalue weighted by Crippen LogP contribution is -2.23. The zero-order valence-corrected chi connectivity index (χ0v) is 34.1. The molecule has 0 bridgehead atoms. The molecule has 294 valence electrons. The van der Waals surface area contributed by atoms with Gasteiger partial charge in [0.05, 0.1) is 6.10 Å². The maximum atomic E-state index is 13.0. The topological polar surface area (TPSA) is 46.5 Å². The third-order valence-electron chi connectivity index (χ3n) is 13.6. The van der Waals surface area contributed by atoms with Crippen molar-refractivity contribution in [2.24, 2.45) is 35.5 Å². The van der Waals surface area contributed by atoms with Crippen LogP contribution in [0.15, 0.2) is 0 Å². The first-order valence-corrected chi connectivity index (χ1v) is 23.4. The molecule has 7 unspecified atom stereocenters. The molecule has 0 aromatic rings. The molecule has 0 amide bonds. The van der Waals surface area contributed by atoms with Crippen LogP contribution in [-0.2, 0) is 9.53 Å². The molecule has 3 aliphatic carbocycles. The molecule has 1 N–H and O–H groups in total. The van der Waals surface area contributed by atoms with E-state index in [4.69, 9.17) is 4.74 Å². The van der Waals surface area contributed by atoms with Crippen LogP contribution in [0.1, 0.15) is 245 Å². The van der Waals surface area contributed by atoms with Crippen molar-refractivity contribution >= 4 is 5.97 Å². The van der Waals surface area contributed by atoms with Crippen molar-refractivity contribution in [1.29, 1.82) is 0 Å². The van der Waals surface area contributed by atoms with Crippen molar-refractivity contribution < 1.29 is 14.6 Å². The van der Waals surface area contributed by atoms with Crippen molar-refractivity contribution in [3.63, 3.8) is 0 Å². The lowest BCUT2D eigenvalue weighted by atomic mass is 9.94. The molecule has 3 aliphatic rings. The molecule has 50 heavy (non-hydrogen) atoms. The molecule has 3 saturated carbocycles. The number of carbonyl (C=O) groups is 1. The number of esters is 1. The minimum Gasteiger partial charge on any atom is -0.462 e. The summed E-state index contributed by atoms with van der Waals surface area (Å²) in [5.41, 5.74) is 0. The normalized spacial score (nSPS) is 26.4. The summed E-state index contributed by atoms with van der Waals surface area (Å²) in [6.07, 6.45) is 46.6. The van der Waals surface area contributed by atoms with Gasteiger partial charge in [-0.3, -0.25) is 4.79 Å². The highest BCUT2D eigenvalue weighted by Crippen LogP contribution is 2.46. The number of aliphatic hydroxyl groups is 1. The molecule has 0 radical (unpaired) electrons. The summed E-state index contributed by atoms with van der Waals surface area (Å²) in [5, 5.41) is 10.2. The summed E-state index contributed by atoms with van der Waals surface area (Å²) in [4.78, 5) is 13.0. The van der Waals surface area contributed by atoms with Gasteiger partial charge in [-0.2, -0.15) is 0 Å². The van der Waals surface area contributed by atoms with Crippen molar-refractivity contribution in [1.82, 2.24) is 0 Å². The third kappa shape index (κ3) is 20.6. The second-order valence-corrected chi connectivity index (χ2v) is 18.1. The molecule has 0 spiro atoms. The smallest absolute Gasteiger partial charge is 0.306 e. The molecule has 3 rings (SSSR count). The van der Waals surface area contributed by atoms with Gasteiger partial charge in [-0.25, -0.2) is 0 Å². The highest BCUT2D eigenvalue weighted by Gasteiger charge is 2.36. The van der Waals surface area contributed by atoms with Crippen LogP contribution in [0, 0.1) is 35.5 Å². The minimum absolute atomic E-state index is 0.00861. The van der Waals surface area contributed by atoms with E-state index >= 15 is 0 Å². The lowest BCUT2D eigenvalue weighted by molar-refractivity contribution is -0.151. The Bertz CT molecular complexity index is 764. The van der Waals surface area contributed by atoms with Crippen LogP contribution >= 0.6 is 0 Å². The lowest BCUT2D eigenvalue weighted by Gasteiger charge is -2.21. The molecule has 3 nitrogen and oxygen atoms in total. The molecule has 0 saturated heterocycles. The van der Waals surface area contributed by atoms with Gasteiger partial charge in [0.25, 0.3) is 0 Å². The first kappa shape index (κ1) is 43.8. The Hall–Kier alpha value is -0.570. The second kappa shape index (κ2) is 28.0. The van der Waals surface area contributed by atoms with Gasteiger partial charge in [-0.15, -0.1) is 0 Å². The second-order valence-electron chi connectivity index (χ2n) is 18.1.